The molecule has 0 aromatic heterocycles. The molecule has 1 N–H and O–H groups in total. The minimum atomic E-state index is -4.45. The third kappa shape index (κ3) is 5.65. The number of nitro benzene ring substituents is 1. The molecule has 1 amide bonds. The quantitative estimate of drug-likeness (QED) is 0.279. The van der Waals surface area contributed by atoms with Crippen LogP contribution in [0.5, 0.6) is 0 Å². The second-order valence-electron chi connectivity index (χ2n) is 8.49. The highest BCUT2D eigenvalue weighted by atomic mass is 19.4. The highest BCUT2D eigenvalue weighted by Gasteiger charge is 2.42. The summed E-state index contributed by atoms with van der Waals surface area (Å²) in [5, 5.41) is 13.9. The average molecular weight is 519 g/mol. The number of carbonyl (C=O) groups is 2. The summed E-state index contributed by atoms with van der Waals surface area (Å²) < 4.78 is 44.4. The molecule has 0 radical (unpaired) electrons. The number of alkyl halides is 3. The molecule has 2 heterocycles. The monoisotopic (exact) mass is 519 g/mol. The van der Waals surface area contributed by atoms with Gasteiger partial charge in [0.1, 0.15) is 6.04 Å². The topological polar surface area (TPSA) is 117 Å². The Kier molecular flexibility index (Phi) is 7.32. The number of benzene rings is 2. The standard InChI is InChI=1S/C24H24F3N5O5/c1-2-37-22(34)19-20(15-5-3-8-18(13-15)32(35)36)28-23(29-21(19)33)31-11-9-30(10-12-31)17-7-4-6-16(14-17)24(25,26)27/h3-8,13-14,19-20H,2,9-12H2,1H3,(H,28,29,33)/t19-,20+/m1/s1. The molecule has 4 rings (SSSR count). The van der Waals surface area contributed by atoms with Gasteiger partial charge in [0.15, 0.2) is 5.92 Å². The molecular weight excluding hydrogens is 495 g/mol. The number of halogens is 3. The fourth-order valence-electron chi connectivity index (χ4n) is 4.34. The van der Waals surface area contributed by atoms with Crippen molar-refractivity contribution in [3.63, 3.8) is 0 Å². The molecule has 2 aromatic rings. The molecule has 2 aliphatic rings. The van der Waals surface area contributed by atoms with Gasteiger partial charge in [-0.1, -0.05) is 18.2 Å². The molecular formula is C24H24F3N5O5. The number of ether oxygens (including phenoxy) is 1. The molecule has 196 valence electrons. The maximum absolute atomic E-state index is 13.1. The van der Waals surface area contributed by atoms with E-state index < -0.39 is 40.5 Å². The van der Waals surface area contributed by atoms with Crippen molar-refractivity contribution in [3.05, 3.63) is 69.8 Å². The molecule has 0 unspecified atom stereocenters. The number of piperazine rings is 1. The van der Waals surface area contributed by atoms with E-state index in [1.54, 1.807) is 28.9 Å². The Bertz CT molecular complexity index is 1230. The third-order valence-corrected chi connectivity index (χ3v) is 6.18. The number of hydrogen-bond acceptors (Lipinski definition) is 8. The summed E-state index contributed by atoms with van der Waals surface area (Å²) in [6, 6.07) is 9.58. The smallest absolute Gasteiger partial charge is 0.416 e. The lowest BCUT2D eigenvalue weighted by atomic mass is 9.91. The van der Waals surface area contributed by atoms with Crippen LogP contribution in [0.4, 0.5) is 24.5 Å². The summed E-state index contributed by atoms with van der Waals surface area (Å²) >= 11 is 0. The molecule has 0 saturated carbocycles. The lowest BCUT2D eigenvalue weighted by Gasteiger charge is -2.39. The Balaban J connectivity index is 1.57. The van der Waals surface area contributed by atoms with E-state index in [2.05, 4.69) is 10.3 Å². The van der Waals surface area contributed by atoms with Gasteiger partial charge in [-0.25, -0.2) is 4.99 Å². The number of nitrogens with one attached hydrogen (secondary N) is 1. The number of hydrogen-bond donors (Lipinski definition) is 1. The zero-order chi connectivity index (χ0) is 26.7. The SMILES string of the molecule is CCOC(=O)[C@H]1C(=O)NC(N2CCN(c3cccc(C(F)(F)F)c3)CC2)=N[C@H]1c1cccc([N+](=O)[O-])c1. The van der Waals surface area contributed by atoms with E-state index in [1.807, 2.05) is 0 Å². The number of aliphatic imine (C=N–C) groups is 1. The van der Waals surface area contributed by atoms with Gasteiger partial charge in [-0.15, -0.1) is 0 Å². The molecule has 37 heavy (non-hydrogen) atoms. The van der Waals surface area contributed by atoms with Gasteiger partial charge >= 0.3 is 12.1 Å². The molecule has 13 heteroatoms. The van der Waals surface area contributed by atoms with Gasteiger partial charge in [0.25, 0.3) is 5.69 Å². The first-order chi connectivity index (χ1) is 17.6. The lowest BCUT2D eigenvalue weighted by molar-refractivity contribution is -0.384. The van der Waals surface area contributed by atoms with Crippen molar-refractivity contribution in [3.8, 4) is 0 Å². The largest absolute Gasteiger partial charge is 0.465 e. The summed E-state index contributed by atoms with van der Waals surface area (Å²) in [5.41, 5.74) is -0.207. The van der Waals surface area contributed by atoms with Crippen LogP contribution < -0.4 is 10.2 Å². The van der Waals surface area contributed by atoms with E-state index in [0.717, 1.165) is 12.1 Å². The predicted molar refractivity (Wildman–Crippen MR) is 127 cm³/mol. The van der Waals surface area contributed by atoms with Gasteiger partial charge in [0.2, 0.25) is 11.9 Å². The Morgan fingerprint density at radius 2 is 1.81 bits per heavy atom. The fraction of sp³-hybridized carbons (Fsp3) is 0.375. The van der Waals surface area contributed by atoms with Crippen molar-refractivity contribution in [1.29, 1.82) is 0 Å². The van der Waals surface area contributed by atoms with Gasteiger partial charge in [0, 0.05) is 44.0 Å². The Hall–Kier alpha value is -4.16. The molecule has 2 aliphatic heterocycles. The lowest BCUT2D eigenvalue weighted by Crippen LogP contribution is -2.57. The van der Waals surface area contributed by atoms with Gasteiger partial charge in [-0.05, 0) is 30.7 Å². The molecule has 1 saturated heterocycles. The second kappa shape index (κ2) is 10.4. The van der Waals surface area contributed by atoms with Crippen molar-refractivity contribution in [2.75, 3.05) is 37.7 Å². The van der Waals surface area contributed by atoms with Crippen LogP contribution in [-0.4, -0.2) is 60.4 Å². The van der Waals surface area contributed by atoms with E-state index in [-0.39, 0.29) is 18.3 Å². The average Bonchev–Trinajstić information content (AvgIpc) is 2.88. The van der Waals surface area contributed by atoms with Crippen LogP contribution in [0.15, 0.2) is 53.5 Å². The van der Waals surface area contributed by atoms with Crippen molar-refractivity contribution >= 4 is 29.2 Å². The number of guanidine groups is 1. The molecule has 1 fully saturated rings. The van der Waals surface area contributed by atoms with Crippen molar-refractivity contribution < 1.29 is 32.4 Å². The van der Waals surface area contributed by atoms with Gasteiger partial charge in [-0.3, -0.25) is 25.0 Å². The second-order valence-corrected chi connectivity index (χ2v) is 8.49. The summed E-state index contributed by atoms with van der Waals surface area (Å²) in [5.74, 6) is -2.60. The molecule has 0 bridgehead atoms. The van der Waals surface area contributed by atoms with Crippen LogP contribution >= 0.6 is 0 Å². The van der Waals surface area contributed by atoms with Crippen molar-refractivity contribution in [1.82, 2.24) is 10.2 Å². The number of anilines is 1. The van der Waals surface area contributed by atoms with E-state index in [0.29, 0.717) is 37.4 Å². The molecule has 0 spiro atoms. The summed E-state index contributed by atoms with van der Waals surface area (Å²) in [4.78, 5) is 44.5. The highest BCUT2D eigenvalue weighted by Crippen LogP contribution is 2.34. The van der Waals surface area contributed by atoms with Crippen LogP contribution in [0.3, 0.4) is 0 Å². The minimum absolute atomic E-state index is 0.0400. The first-order valence-corrected chi connectivity index (χ1v) is 11.5. The zero-order valence-corrected chi connectivity index (χ0v) is 19.8. The van der Waals surface area contributed by atoms with E-state index >= 15 is 0 Å². The van der Waals surface area contributed by atoms with Crippen LogP contribution in [0.1, 0.15) is 24.1 Å². The van der Waals surface area contributed by atoms with Crippen LogP contribution in [0, 0.1) is 16.0 Å². The Morgan fingerprint density at radius 3 is 2.46 bits per heavy atom. The van der Waals surface area contributed by atoms with E-state index in [9.17, 15) is 32.9 Å². The normalized spacial score (nSPS) is 20.2. The van der Waals surface area contributed by atoms with Crippen LogP contribution in [0.25, 0.3) is 0 Å². The summed E-state index contributed by atoms with van der Waals surface area (Å²) in [7, 11) is 0. The third-order valence-electron chi connectivity index (χ3n) is 6.18. The van der Waals surface area contributed by atoms with E-state index in [1.165, 1.54) is 24.3 Å². The summed E-state index contributed by atoms with van der Waals surface area (Å²) in [6.07, 6.45) is -4.45. The van der Waals surface area contributed by atoms with E-state index in [4.69, 9.17) is 4.74 Å². The minimum Gasteiger partial charge on any atom is -0.465 e. The number of rotatable bonds is 5. The highest BCUT2D eigenvalue weighted by molar-refractivity contribution is 6.08. The van der Waals surface area contributed by atoms with Crippen molar-refractivity contribution in [2.45, 2.75) is 19.1 Å². The number of nitrogens with zero attached hydrogens (tertiary/aromatic N) is 4. The number of nitro groups is 1. The Labute approximate surface area is 209 Å². The molecule has 0 aliphatic carbocycles. The zero-order valence-electron chi connectivity index (χ0n) is 19.8. The van der Waals surface area contributed by atoms with Gasteiger partial charge in [0.05, 0.1) is 17.1 Å². The number of esters is 1. The van der Waals surface area contributed by atoms with Crippen LogP contribution in [0.2, 0.25) is 0 Å². The predicted octanol–water partition coefficient (Wildman–Crippen LogP) is 3.14. The molecule has 2 atom stereocenters. The maximum Gasteiger partial charge on any atom is 0.416 e. The number of amides is 1. The fourth-order valence-corrected chi connectivity index (χ4v) is 4.34. The molecule has 2 aromatic carbocycles. The van der Waals surface area contributed by atoms with Gasteiger partial charge in [-0.2, -0.15) is 13.2 Å². The van der Waals surface area contributed by atoms with Crippen LogP contribution in [-0.2, 0) is 20.5 Å². The summed E-state index contributed by atoms with van der Waals surface area (Å²) in [6.45, 7) is 3.03. The molecule has 10 nitrogen and oxygen atoms in total. The van der Waals surface area contributed by atoms with Gasteiger partial charge < -0.3 is 14.5 Å². The van der Waals surface area contributed by atoms with Crippen molar-refractivity contribution in [2.24, 2.45) is 10.9 Å². The Morgan fingerprint density at radius 1 is 1.14 bits per heavy atom. The number of carbonyl (C=O) groups excluding carboxylic acids is 2. The maximum atomic E-state index is 13.1. The number of non-ortho nitro benzene ring substituents is 1. The first-order valence-electron chi connectivity index (χ1n) is 11.5. The first kappa shape index (κ1) is 25.9.